The van der Waals surface area contributed by atoms with E-state index in [0.29, 0.717) is 6.42 Å². The summed E-state index contributed by atoms with van der Waals surface area (Å²) in [5.74, 6) is 0.0840. The molecule has 0 saturated heterocycles. The zero-order valence-corrected chi connectivity index (χ0v) is 7.83. The van der Waals surface area contributed by atoms with Crippen LogP contribution in [0.3, 0.4) is 0 Å². The molecule has 70 valence electrons. The number of ketones is 1. The van der Waals surface area contributed by atoms with Crippen LogP contribution in [0, 0.1) is 23.2 Å². The molecule has 2 nitrogen and oxygen atoms in total. The molecule has 0 N–H and O–H groups in total. The molecular weight excluding hydrogens is 162 g/mol. The summed E-state index contributed by atoms with van der Waals surface area (Å²) in [7, 11) is 0. The first-order valence-electron chi connectivity index (χ1n) is 4.82. The molecule has 1 aliphatic rings. The molecule has 2 unspecified atom stereocenters. The van der Waals surface area contributed by atoms with Crippen LogP contribution in [-0.2, 0) is 4.79 Å². The minimum Gasteiger partial charge on any atom is -0.298 e. The predicted octanol–water partition coefficient (Wildman–Crippen LogP) is 2.46. The number of hydrogen-bond acceptors (Lipinski definition) is 2. The van der Waals surface area contributed by atoms with Gasteiger partial charge in [0.15, 0.2) is 0 Å². The van der Waals surface area contributed by atoms with Gasteiger partial charge in [-0.05, 0) is 31.6 Å². The van der Waals surface area contributed by atoms with Crippen LogP contribution >= 0.6 is 0 Å². The van der Waals surface area contributed by atoms with Gasteiger partial charge in [0.05, 0.1) is 6.07 Å². The summed E-state index contributed by atoms with van der Waals surface area (Å²) >= 11 is 0. The molecule has 0 aromatic carbocycles. The number of allylic oxidation sites excluding steroid dienone is 1. The zero-order valence-electron chi connectivity index (χ0n) is 7.83. The molecule has 2 atom stereocenters. The third kappa shape index (κ3) is 2.42. The molecule has 0 heterocycles. The number of nitriles is 1. The highest BCUT2D eigenvalue weighted by atomic mass is 16.1. The summed E-state index contributed by atoms with van der Waals surface area (Å²) in [6.07, 6.45) is 6.29. The molecule has 0 spiro atoms. The summed E-state index contributed by atoms with van der Waals surface area (Å²) in [4.78, 5) is 11.4. The average molecular weight is 177 g/mol. The van der Waals surface area contributed by atoms with E-state index in [-0.39, 0.29) is 17.6 Å². The van der Waals surface area contributed by atoms with Crippen LogP contribution in [0.2, 0.25) is 0 Å². The minimum atomic E-state index is -0.339. The highest BCUT2D eigenvalue weighted by Gasteiger charge is 2.30. The van der Waals surface area contributed by atoms with E-state index in [4.69, 9.17) is 5.26 Å². The van der Waals surface area contributed by atoms with Crippen molar-refractivity contribution in [2.45, 2.75) is 32.1 Å². The second kappa shape index (κ2) is 4.81. The summed E-state index contributed by atoms with van der Waals surface area (Å²) < 4.78 is 0. The van der Waals surface area contributed by atoms with Crippen LogP contribution in [0.15, 0.2) is 12.7 Å². The van der Waals surface area contributed by atoms with E-state index < -0.39 is 0 Å². The predicted molar refractivity (Wildman–Crippen MR) is 50.9 cm³/mol. The van der Waals surface area contributed by atoms with E-state index in [1.165, 1.54) is 0 Å². The standard InChI is InChI=1S/C11H15NO/c1-2-3-5-9-6-4-7-11(13)10(9)8-12/h2,9-10H,1,3-7H2. The summed E-state index contributed by atoms with van der Waals surface area (Å²) in [6, 6.07) is 2.13. The summed E-state index contributed by atoms with van der Waals surface area (Å²) in [5, 5.41) is 8.83. The summed E-state index contributed by atoms with van der Waals surface area (Å²) in [5.41, 5.74) is 0. The van der Waals surface area contributed by atoms with Gasteiger partial charge in [0.2, 0.25) is 0 Å². The lowest BCUT2D eigenvalue weighted by atomic mass is 9.77. The van der Waals surface area contributed by atoms with E-state index >= 15 is 0 Å². The fourth-order valence-corrected chi connectivity index (χ4v) is 1.94. The molecule has 0 aromatic rings. The van der Waals surface area contributed by atoms with E-state index in [1.54, 1.807) is 0 Å². The lowest BCUT2D eigenvalue weighted by molar-refractivity contribution is -0.124. The Morgan fingerprint density at radius 3 is 3.08 bits per heavy atom. The van der Waals surface area contributed by atoms with Crippen LogP contribution in [0.4, 0.5) is 0 Å². The van der Waals surface area contributed by atoms with Gasteiger partial charge < -0.3 is 0 Å². The maximum atomic E-state index is 11.4. The molecule has 0 radical (unpaired) electrons. The van der Waals surface area contributed by atoms with E-state index in [2.05, 4.69) is 12.6 Å². The Hall–Kier alpha value is -1.10. The number of carbonyl (C=O) groups is 1. The SMILES string of the molecule is C=CCCC1CCCC(=O)C1C#N. The van der Waals surface area contributed by atoms with Crippen LogP contribution < -0.4 is 0 Å². The van der Waals surface area contributed by atoms with Crippen molar-refractivity contribution in [3.63, 3.8) is 0 Å². The van der Waals surface area contributed by atoms with Gasteiger partial charge in [0.25, 0.3) is 0 Å². The maximum absolute atomic E-state index is 11.4. The third-order valence-electron chi connectivity index (χ3n) is 2.70. The Labute approximate surface area is 79.2 Å². The van der Waals surface area contributed by atoms with E-state index in [9.17, 15) is 4.79 Å². The number of carbonyl (C=O) groups excluding carboxylic acids is 1. The monoisotopic (exact) mass is 177 g/mol. The Kier molecular flexibility index (Phi) is 3.70. The molecule has 2 heteroatoms. The number of nitrogens with zero attached hydrogens (tertiary/aromatic N) is 1. The molecule has 1 fully saturated rings. The fraction of sp³-hybridized carbons (Fsp3) is 0.636. The van der Waals surface area contributed by atoms with Crippen molar-refractivity contribution >= 4 is 5.78 Å². The van der Waals surface area contributed by atoms with Gasteiger partial charge >= 0.3 is 0 Å². The van der Waals surface area contributed by atoms with Gasteiger partial charge in [-0.25, -0.2) is 0 Å². The number of rotatable bonds is 3. The topological polar surface area (TPSA) is 40.9 Å². The smallest absolute Gasteiger partial charge is 0.150 e. The molecule has 0 aromatic heterocycles. The molecule has 1 rings (SSSR count). The van der Waals surface area contributed by atoms with Crippen molar-refractivity contribution < 1.29 is 4.79 Å². The quantitative estimate of drug-likeness (QED) is 0.621. The zero-order chi connectivity index (χ0) is 9.68. The van der Waals surface area contributed by atoms with Gasteiger partial charge in [-0.15, -0.1) is 6.58 Å². The Morgan fingerprint density at radius 2 is 2.46 bits per heavy atom. The van der Waals surface area contributed by atoms with Crippen LogP contribution in [0.5, 0.6) is 0 Å². The number of Topliss-reactive ketones (excluding diaryl/α,β-unsaturated/α-hetero) is 1. The minimum absolute atomic E-state index is 0.141. The van der Waals surface area contributed by atoms with Crippen molar-refractivity contribution in [1.82, 2.24) is 0 Å². The molecule has 0 bridgehead atoms. The molecule has 0 amide bonds. The van der Waals surface area contributed by atoms with Gasteiger partial charge in [-0.1, -0.05) is 6.08 Å². The first-order valence-corrected chi connectivity index (χ1v) is 4.82. The average Bonchev–Trinajstić information content (AvgIpc) is 2.15. The highest BCUT2D eigenvalue weighted by molar-refractivity contribution is 5.84. The van der Waals surface area contributed by atoms with E-state index in [0.717, 1.165) is 25.7 Å². The lowest BCUT2D eigenvalue weighted by Crippen LogP contribution is -2.27. The van der Waals surface area contributed by atoms with Crippen LogP contribution in [-0.4, -0.2) is 5.78 Å². The largest absolute Gasteiger partial charge is 0.298 e. The van der Waals surface area contributed by atoms with Gasteiger partial charge in [0, 0.05) is 6.42 Å². The Balaban J connectivity index is 2.55. The fourth-order valence-electron chi connectivity index (χ4n) is 1.94. The van der Waals surface area contributed by atoms with Crippen molar-refractivity contribution in [1.29, 1.82) is 5.26 Å². The van der Waals surface area contributed by atoms with Gasteiger partial charge in [-0.2, -0.15) is 5.26 Å². The van der Waals surface area contributed by atoms with E-state index in [1.807, 2.05) is 6.08 Å². The Morgan fingerprint density at radius 1 is 1.69 bits per heavy atom. The van der Waals surface area contributed by atoms with Gasteiger partial charge in [0.1, 0.15) is 11.7 Å². The molecule has 1 aliphatic carbocycles. The molecule has 13 heavy (non-hydrogen) atoms. The van der Waals surface area contributed by atoms with Crippen molar-refractivity contribution in [2.75, 3.05) is 0 Å². The lowest BCUT2D eigenvalue weighted by Gasteiger charge is -2.24. The van der Waals surface area contributed by atoms with Crippen molar-refractivity contribution in [2.24, 2.45) is 11.8 Å². The van der Waals surface area contributed by atoms with Crippen molar-refractivity contribution in [3.8, 4) is 6.07 Å². The molecule has 0 aliphatic heterocycles. The third-order valence-corrected chi connectivity index (χ3v) is 2.70. The summed E-state index contributed by atoms with van der Waals surface area (Å²) in [6.45, 7) is 3.65. The van der Waals surface area contributed by atoms with Crippen LogP contribution in [0.25, 0.3) is 0 Å². The highest BCUT2D eigenvalue weighted by Crippen LogP contribution is 2.30. The van der Waals surface area contributed by atoms with Crippen LogP contribution in [0.1, 0.15) is 32.1 Å². The second-order valence-electron chi connectivity index (χ2n) is 3.59. The molecular formula is C11H15NO. The number of hydrogen-bond donors (Lipinski definition) is 0. The molecule has 1 saturated carbocycles. The van der Waals surface area contributed by atoms with Crippen molar-refractivity contribution in [3.05, 3.63) is 12.7 Å². The maximum Gasteiger partial charge on any atom is 0.150 e. The Bertz CT molecular complexity index is 239. The van der Waals surface area contributed by atoms with Gasteiger partial charge in [-0.3, -0.25) is 4.79 Å². The second-order valence-corrected chi connectivity index (χ2v) is 3.59. The first kappa shape index (κ1) is 9.98. The normalized spacial score (nSPS) is 28.1. The first-order chi connectivity index (χ1) is 6.29.